The average Bonchev–Trinajstić information content (AvgIpc) is 3.11. The Hall–Kier alpha value is -1.81. The zero-order chi connectivity index (χ0) is 16.0. The van der Waals surface area contributed by atoms with Crippen LogP contribution in [0, 0.1) is 13.8 Å². The van der Waals surface area contributed by atoms with E-state index in [9.17, 15) is 0 Å². The quantitative estimate of drug-likeness (QED) is 0.924. The molecule has 0 aliphatic carbocycles. The third-order valence-electron chi connectivity index (χ3n) is 5.37. The second-order valence-electron chi connectivity index (χ2n) is 7.17. The summed E-state index contributed by atoms with van der Waals surface area (Å²) < 4.78 is 2.16. The fraction of sp³-hybridized carbons (Fsp3) is 0.526. The molecule has 0 radical (unpaired) electrons. The van der Waals surface area contributed by atoms with E-state index in [1.165, 1.54) is 59.8 Å². The number of nitrogens with one attached hydrogen (secondary N) is 1. The number of nitrogens with zero attached hydrogens (tertiary/aromatic N) is 3. The van der Waals surface area contributed by atoms with Gasteiger partial charge >= 0.3 is 0 Å². The van der Waals surface area contributed by atoms with E-state index in [1.807, 2.05) is 0 Å². The van der Waals surface area contributed by atoms with E-state index in [-0.39, 0.29) is 0 Å². The Kier molecular flexibility index (Phi) is 3.64. The van der Waals surface area contributed by atoms with E-state index in [1.54, 1.807) is 0 Å². The normalized spacial score (nSPS) is 18.9. The molecule has 3 heterocycles. The van der Waals surface area contributed by atoms with Gasteiger partial charge in [0.25, 0.3) is 0 Å². The van der Waals surface area contributed by atoms with E-state index in [0.29, 0.717) is 5.92 Å². The molecule has 0 unspecified atom stereocenters. The third-order valence-corrected chi connectivity index (χ3v) is 5.37. The summed E-state index contributed by atoms with van der Waals surface area (Å²) in [6.45, 7) is 7.73. The monoisotopic (exact) mass is 310 g/mol. The number of fused-ring (bicyclic) bond motifs is 1. The number of rotatable bonds is 2. The van der Waals surface area contributed by atoms with E-state index in [4.69, 9.17) is 5.10 Å². The van der Waals surface area contributed by atoms with Crippen LogP contribution in [0.1, 0.15) is 41.1 Å². The van der Waals surface area contributed by atoms with Crippen LogP contribution in [0.3, 0.4) is 0 Å². The first-order valence-corrected chi connectivity index (χ1v) is 8.75. The van der Waals surface area contributed by atoms with Crippen LogP contribution in [0.2, 0.25) is 0 Å². The third kappa shape index (κ3) is 2.55. The molecule has 2 aromatic rings. The van der Waals surface area contributed by atoms with Gasteiger partial charge in [0.2, 0.25) is 0 Å². The van der Waals surface area contributed by atoms with E-state index < -0.39 is 0 Å². The van der Waals surface area contributed by atoms with Crippen LogP contribution in [-0.2, 0) is 6.42 Å². The summed E-state index contributed by atoms with van der Waals surface area (Å²) >= 11 is 0. The van der Waals surface area contributed by atoms with Crippen molar-refractivity contribution in [3.63, 3.8) is 0 Å². The summed E-state index contributed by atoms with van der Waals surface area (Å²) in [5.41, 5.74) is 6.61. The molecule has 23 heavy (non-hydrogen) atoms. The highest BCUT2D eigenvalue weighted by atomic mass is 15.3. The maximum absolute atomic E-state index is 5.08. The van der Waals surface area contributed by atoms with Crippen molar-refractivity contribution in [2.75, 3.05) is 32.0 Å². The molecule has 4 rings (SSSR count). The van der Waals surface area contributed by atoms with E-state index in [0.717, 1.165) is 13.0 Å². The van der Waals surface area contributed by atoms with Crippen LogP contribution in [0.4, 0.5) is 5.82 Å². The number of hydrogen-bond donors (Lipinski definition) is 1. The number of likely N-dealkylation sites (tertiary alicyclic amines) is 1. The molecule has 1 aromatic carbocycles. The maximum Gasteiger partial charge on any atom is 0.133 e. The van der Waals surface area contributed by atoms with Crippen LogP contribution in [0.25, 0.3) is 5.69 Å². The van der Waals surface area contributed by atoms with Crippen LogP contribution in [0.15, 0.2) is 18.2 Å². The number of piperidine rings is 1. The highest BCUT2D eigenvalue weighted by molar-refractivity contribution is 5.59. The predicted molar refractivity (Wildman–Crippen MR) is 94.7 cm³/mol. The number of hydrogen-bond acceptors (Lipinski definition) is 3. The first kappa shape index (κ1) is 14.8. The van der Waals surface area contributed by atoms with Crippen molar-refractivity contribution in [2.24, 2.45) is 0 Å². The molecule has 0 amide bonds. The summed E-state index contributed by atoms with van der Waals surface area (Å²) in [6.07, 6.45) is 3.57. The standard InChI is InChI=1S/C19H26N4/c1-13-4-5-17(14(2)12-13)23-19-16(6-9-20-19)18(21-23)15-7-10-22(3)11-8-15/h4-5,12,15,20H,6-11H2,1-3H3. The van der Waals surface area contributed by atoms with Gasteiger partial charge in [0, 0.05) is 18.0 Å². The van der Waals surface area contributed by atoms with Crippen molar-refractivity contribution in [1.82, 2.24) is 14.7 Å². The average molecular weight is 310 g/mol. The number of anilines is 1. The molecule has 1 fully saturated rings. The smallest absolute Gasteiger partial charge is 0.133 e. The molecule has 1 aromatic heterocycles. The van der Waals surface area contributed by atoms with Gasteiger partial charge in [-0.2, -0.15) is 5.10 Å². The molecule has 122 valence electrons. The highest BCUT2D eigenvalue weighted by Crippen LogP contribution is 2.37. The van der Waals surface area contributed by atoms with Crippen LogP contribution >= 0.6 is 0 Å². The highest BCUT2D eigenvalue weighted by Gasteiger charge is 2.29. The molecule has 1 saturated heterocycles. The van der Waals surface area contributed by atoms with Crippen LogP contribution in [0.5, 0.6) is 0 Å². The summed E-state index contributed by atoms with van der Waals surface area (Å²) in [7, 11) is 2.22. The van der Waals surface area contributed by atoms with Gasteiger partial charge in [-0.1, -0.05) is 17.7 Å². The summed E-state index contributed by atoms with van der Waals surface area (Å²) in [4.78, 5) is 2.43. The lowest BCUT2D eigenvalue weighted by molar-refractivity contribution is 0.252. The molecule has 2 aliphatic rings. The van der Waals surface area contributed by atoms with Gasteiger partial charge in [-0.05, 0) is 64.9 Å². The fourth-order valence-corrected chi connectivity index (χ4v) is 4.03. The van der Waals surface area contributed by atoms with Crippen molar-refractivity contribution in [3.8, 4) is 5.69 Å². The van der Waals surface area contributed by atoms with Crippen molar-refractivity contribution in [3.05, 3.63) is 40.6 Å². The predicted octanol–water partition coefficient (Wildman–Crippen LogP) is 3.27. The zero-order valence-corrected chi connectivity index (χ0v) is 14.4. The Bertz CT molecular complexity index is 723. The van der Waals surface area contributed by atoms with Gasteiger partial charge in [-0.25, -0.2) is 4.68 Å². The molecular formula is C19H26N4. The molecule has 0 bridgehead atoms. The minimum Gasteiger partial charge on any atom is -0.369 e. The van der Waals surface area contributed by atoms with Crippen LogP contribution < -0.4 is 5.32 Å². The molecule has 4 heteroatoms. The Balaban J connectivity index is 1.76. The van der Waals surface area contributed by atoms with Gasteiger partial charge < -0.3 is 10.2 Å². The van der Waals surface area contributed by atoms with Gasteiger partial charge in [-0.3, -0.25) is 0 Å². The fourth-order valence-electron chi connectivity index (χ4n) is 4.03. The van der Waals surface area contributed by atoms with Crippen molar-refractivity contribution in [1.29, 1.82) is 0 Å². The van der Waals surface area contributed by atoms with Crippen LogP contribution in [-0.4, -0.2) is 41.4 Å². The minimum atomic E-state index is 0.617. The molecule has 0 spiro atoms. The second-order valence-corrected chi connectivity index (χ2v) is 7.17. The number of aryl methyl sites for hydroxylation is 2. The number of aromatic nitrogens is 2. The lowest BCUT2D eigenvalue weighted by Crippen LogP contribution is -2.29. The summed E-state index contributed by atoms with van der Waals surface area (Å²) in [6, 6.07) is 6.63. The molecule has 4 nitrogen and oxygen atoms in total. The maximum atomic E-state index is 5.08. The van der Waals surface area contributed by atoms with Crippen molar-refractivity contribution in [2.45, 2.75) is 39.0 Å². The van der Waals surface area contributed by atoms with E-state index in [2.05, 4.69) is 54.0 Å². The first-order valence-electron chi connectivity index (χ1n) is 8.75. The second kappa shape index (κ2) is 5.68. The molecule has 0 atom stereocenters. The topological polar surface area (TPSA) is 33.1 Å². The Morgan fingerprint density at radius 2 is 1.96 bits per heavy atom. The van der Waals surface area contributed by atoms with Crippen molar-refractivity contribution >= 4 is 5.82 Å². The van der Waals surface area contributed by atoms with Crippen molar-refractivity contribution < 1.29 is 0 Å². The molecule has 0 saturated carbocycles. The SMILES string of the molecule is Cc1ccc(-n2nc(C3CCN(C)CC3)c3c2NCC3)c(C)c1. The lowest BCUT2D eigenvalue weighted by atomic mass is 9.91. The first-order chi connectivity index (χ1) is 11.1. The Morgan fingerprint density at radius 3 is 2.70 bits per heavy atom. The Morgan fingerprint density at radius 1 is 1.17 bits per heavy atom. The largest absolute Gasteiger partial charge is 0.369 e. The zero-order valence-electron chi connectivity index (χ0n) is 14.4. The minimum absolute atomic E-state index is 0.617. The summed E-state index contributed by atoms with van der Waals surface area (Å²) in [5, 5.41) is 8.64. The molecule has 1 N–H and O–H groups in total. The van der Waals surface area contributed by atoms with E-state index >= 15 is 0 Å². The van der Waals surface area contributed by atoms with Gasteiger partial charge in [0.1, 0.15) is 5.82 Å². The number of benzene rings is 1. The van der Waals surface area contributed by atoms with Gasteiger partial charge in [0.15, 0.2) is 0 Å². The summed E-state index contributed by atoms with van der Waals surface area (Å²) in [5.74, 6) is 1.85. The molecular weight excluding hydrogens is 284 g/mol. The molecule has 2 aliphatic heterocycles. The van der Waals surface area contributed by atoms with Gasteiger partial charge in [0.05, 0.1) is 11.4 Å². The Labute approximate surface area is 138 Å². The lowest BCUT2D eigenvalue weighted by Gasteiger charge is -2.28. The van der Waals surface area contributed by atoms with Gasteiger partial charge in [-0.15, -0.1) is 0 Å².